The van der Waals surface area contributed by atoms with Gasteiger partial charge < -0.3 is 18.9 Å². The summed E-state index contributed by atoms with van der Waals surface area (Å²) in [5, 5.41) is 0. The van der Waals surface area contributed by atoms with Crippen molar-refractivity contribution < 1.29 is 28.5 Å². The molecule has 0 aliphatic heterocycles. The van der Waals surface area contributed by atoms with Crippen molar-refractivity contribution in [2.24, 2.45) is 5.41 Å². The molecule has 0 amide bonds. The van der Waals surface area contributed by atoms with Crippen molar-refractivity contribution in [3.63, 3.8) is 0 Å². The molecule has 146 valence electrons. The molecule has 0 fully saturated rings. The fraction of sp³-hybridized carbons (Fsp3) is 0.600. The minimum Gasteiger partial charge on any atom is -0.465 e. The summed E-state index contributed by atoms with van der Waals surface area (Å²) in [5.74, 6) is -0.0363. The monoisotopic (exact) mass is 366 g/mol. The fourth-order valence-corrected chi connectivity index (χ4v) is 1.94. The molecule has 0 bridgehead atoms. The number of rotatable bonds is 11. The Kier molecular flexibility index (Phi) is 9.13. The zero-order valence-corrected chi connectivity index (χ0v) is 16.4. The van der Waals surface area contributed by atoms with E-state index in [4.69, 9.17) is 18.9 Å². The van der Waals surface area contributed by atoms with E-state index < -0.39 is 11.4 Å². The quantitative estimate of drug-likeness (QED) is 0.335. The van der Waals surface area contributed by atoms with Crippen molar-refractivity contribution >= 4 is 11.9 Å². The Morgan fingerprint density at radius 2 is 1.65 bits per heavy atom. The molecule has 0 saturated heterocycles. The Bertz CT molecular complexity index is 564. The maximum atomic E-state index is 12.0. The lowest BCUT2D eigenvalue weighted by Crippen LogP contribution is -2.26. The van der Waals surface area contributed by atoms with Gasteiger partial charge in [-0.2, -0.15) is 0 Å². The van der Waals surface area contributed by atoms with E-state index in [1.165, 1.54) is 0 Å². The topological polar surface area (TPSA) is 71.1 Å². The summed E-state index contributed by atoms with van der Waals surface area (Å²) in [6, 6.07) is 6.67. The van der Waals surface area contributed by atoms with Crippen LogP contribution in [0.2, 0.25) is 0 Å². The van der Waals surface area contributed by atoms with Crippen molar-refractivity contribution in [2.75, 3.05) is 19.8 Å². The lowest BCUT2D eigenvalue weighted by Gasteiger charge is -2.20. The zero-order chi connectivity index (χ0) is 19.6. The molecule has 1 unspecified atom stereocenters. The van der Waals surface area contributed by atoms with Gasteiger partial charge >= 0.3 is 11.9 Å². The van der Waals surface area contributed by atoms with Gasteiger partial charge in [-0.3, -0.25) is 4.79 Å². The molecule has 6 heteroatoms. The third kappa shape index (κ3) is 7.44. The van der Waals surface area contributed by atoms with Gasteiger partial charge in [0.25, 0.3) is 0 Å². The van der Waals surface area contributed by atoms with Gasteiger partial charge in [-0.25, -0.2) is 4.79 Å². The maximum absolute atomic E-state index is 12.0. The Hall–Kier alpha value is -2.08. The summed E-state index contributed by atoms with van der Waals surface area (Å²) in [6.45, 7) is 10.3. The van der Waals surface area contributed by atoms with Crippen molar-refractivity contribution in [1.82, 2.24) is 0 Å². The Labute approximate surface area is 155 Å². The third-order valence-electron chi connectivity index (χ3n) is 3.98. The van der Waals surface area contributed by atoms with E-state index in [-0.39, 0.29) is 25.5 Å². The van der Waals surface area contributed by atoms with E-state index in [0.29, 0.717) is 30.8 Å². The maximum Gasteiger partial charge on any atom is 0.338 e. The number of esters is 2. The highest BCUT2D eigenvalue weighted by atomic mass is 16.7. The van der Waals surface area contributed by atoms with Crippen LogP contribution in [0.15, 0.2) is 24.3 Å². The average molecular weight is 366 g/mol. The van der Waals surface area contributed by atoms with Gasteiger partial charge in [0.2, 0.25) is 0 Å². The van der Waals surface area contributed by atoms with Crippen LogP contribution in [-0.2, 0) is 19.0 Å². The highest BCUT2D eigenvalue weighted by molar-refractivity contribution is 5.89. The molecular weight excluding hydrogens is 336 g/mol. The molecule has 1 rings (SSSR count). The lowest BCUT2D eigenvalue weighted by atomic mass is 9.91. The van der Waals surface area contributed by atoms with Crippen LogP contribution in [0.4, 0.5) is 0 Å². The first kappa shape index (κ1) is 22.0. The predicted octanol–water partition coefficient (Wildman–Crippen LogP) is 3.97. The van der Waals surface area contributed by atoms with Gasteiger partial charge in [0.1, 0.15) is 5.75 Å². The van der Waals surface area contributed by atoms with Gasteiger partial charge in [0, 0.05) is 13.0 Å². The molecule has 6 nitrogen and oxygen atoms in total. The first-order valence-corrected chi connectivity index (χ1v) is 9.02. The van der Waals surface area contributed by atoms with Crippen LogP contribution < -0.4 is 4.74 Å². The standard InChI is InChI=1S/C20H30O6/c1-6-20(4,5)19(22)25-14-8-13-24-18(21)16-9-11-17(12-10-16)26-15(3)23-7-2/h9-12,15H,6-8,13-14H2,1-5H3. The van der Waals surface area contributed by atoms with Gasteiger partial charge in [-0.1, -0.05) is 6.92 Å². The lowest BCUT2D eigenvalue weighted by molar-refractivity contribution is -0.154. The highest BCUT2D eigenvalue weighted by Crippen LogP contribution is 2.21. The molecule has 0 radical (unpaired) electrons. The second-order valence-electron chi connectivity index (χ2n) is 6.53. The minimum atomic E-state index is -0.486. The van der Waals surface area contributed by atoms with E-state index in [1.54, 1.807) is 31.2 Å². The zero-order valence-electron chi connectivity index (χ0n) is 16.4. The third-order valence-corrected chi connectivity index (χ3v) is 3.98. The second-order valence-corrected chi connectivity index (χ2v) is 6.53. The van der Waals surface area contributed by atoms with Crippen molar-refractivity contribution in [3.8, 4) is 5.75 Å². The molecule has 0 N–H and O–H groups in total. The van der Waals surface area contributed by atoms with Gasteiger partial charge in [0.05, 0.1) is 24.2 Å². The molecule has 0 heterocycles. The van der Waals surface area contributed by atoms with Crippen LogP contribution in [0.3, 0.4) is 0 Å². The molecule has 0 aliphatic carbocycles. The number of carbonyl (C=O) groups excluding carboxylic acids is 2. The molecule has 0 aliphatic rings. The number of benzene rings is 1. The van der Waals surface area contributed by atoms with E-state index in [1.807, 2.05) is 27.7 Å². The molecule has 1 aromatic carbocycles. The van der Waals surface area contributed by atoms with Gasteiger partial charge in [-0.15, -0.1) is 0 Å². The average Bonchev–Trinajstić information content (AvgIpc) is 2.61. The first-order chi connectivity index (χ1) is 12.3. The van der Waals surface area contributed by atoms with Crippen LogP contribution >= 0.6 is 0 Å². The number of carbonyl (C=O) groups is 2. The van der Waals surface area contributed by atoms with Crippen LogP contribution in [0.25, 0.3) is 0 Å². The Morgan fingerprint density at radius 1 is 1.04 bits per heavy atom. The van der Waals surface area contributed by atoms with Gasteiger partial charge in [-0.05, 0) is 58.4 Å². The smallest absolute Gasteiger partial charge is 0.338 e. The molecule has 0 saturated carbocycles. The normalized spacial score (nSPS) is 12.3. The van der Waals surface area contributed by atoms with Crippen molar-refractivity contribution in [1.29, 1.82) is 0 Å². The van der Waals surface area contributed by atoms with Crippen LogP contribution in [0.1, 0.15) is 57.8 Å². The number of ether oxygens (including phenoxy) is 4. The highest BCUT2D eigenvalue weighted by Gasteiger charge is 2.26. The Balaban J connectivity index is 2.32. The molecule has 1 atom stereocenters. The minimum absolute atomic E-state index is 0.193. The summed E-state index contributed by atoms with van der Waals surface area (Å²) in [5.41, 5.74) is -0.0503. The van der Waals surface area contributed by atoms with E-state index in [0.717, 1.165) is 0 Å². The summed E-state index contributed by atoms with van der Waals surface area (Å²) in [7, 11) is 0. The summed E-state index contributed by atoms with van der Waals surface area (Å²) in [6.07, 6.45) is 0.826. The molecule has 0 spiro atoms. The van der Waals surface area contributed by atoms with Crippen molar-refractivity contribution in [3.05, 3.63) is 29.8 Å². The van der Waals surface area contributed by atoms with E-state index in [9.17, 15) is 9.59 Å². The number of hydrogen-bond donors (Lipinski definition) is 0. The Morgan fingerprint density at radius 3 is 2.23 bits per heavy atom. The van der Waals surface area contributed by atoms with Crippen LogP contribution in [0, 0.1) is 5.41 Å². The van der Waals surface area contributed by atoms with Crippen LogP contribution in [0.5, 0.6) is 5.75 Å². The van der Waals surface area contributed by atoms with Gasteiger partial charge in [0.15, 0.2) is 6.29 Å². The summed E-state index contributed by atoms with van der Waals surface area (Å²) >= 11 is 0. The van der Waals surface area contributed by atoms with Crippen LogP contribution in [-0.4, -0.2) is 38.0 Å². The first-order valence-electron chi connectivity index (χ1n) is 9.02. The number of hydrogen-bond acceptors (Lipinski definition) is 6. The predicted molar refractivity (Wildman–Crippen MR) is 98.1 cm³/mol. The fourth-order valence-electron chi connectivity index (χ4n) is 1.94. The molecular formula is C20H30O6. The molecule has 1 aromatic rings. The largest absolute Gasteiger partial charge is 0.465 e. The van der Waals surface area contributed by atoms with E-state index in [2.05, 4.69) is 0 Å². The SMILES string of the molecule is CCOC(C)Oc1ccc(C(=O)OCCCOC(=O)C(C)(C)CC)cc1. The second kappa shape index (κ2) is 10.8. The molecule has 0 aromatic heterocycles. The van der Waals surface area contributed by atoms with E-state index >= 15 is 0 Å². The summed E-state index contributed by atoms with van der Waals surface area (Å²) < 4.78 is 21.2. The molecule has 26 heavy (non-hydrogen) atoms. The van der Waals surface area contributed by atoms with Crippen molar-refractivity contribution in [2.45, 2.75) is 53.8 Å². The summed E-state index contributed by atoms with van der Waals surface area (Å²) in [4.78, 5) is 23.8.